The van der Waals surface area contributed by atoms with Gasteiger partial charge in [-0.25, -0.2) is 0 Å². The number of benzene rings is 1. The zero-order valence-electron chi connectivity index (χ0n) is 14.9. The van der Waals surface area contributed by atoms with Gasteiger partial charge in [0.15, 0.2) is 0 Å². The van der Waals surface area contributed by atoms with Crippen LogP contribution in [-0.4, -0.2) is 61.8 Å². The molecule has 0 aliphatic carbocycles. The molecule has 0 N–H and O–H groups in total. The molecule has 3 atom stereocenters. The maximum Gasteiger partial charge on any atom is 0.118 e. The highest BCUT2D eigenvalue weighted by Crippen LogP contribution is 2.34. The average Bonchev–Trinajstić information content (AvgIpc) is 3.05. The van der Waals surface area contributed by atoms with E-state index in [1.807, 2.05) is 12.1 Å². The van der Waals surface area contributed by atoms with Gasteiger partial charge in [-0.15, -0.1) is 0 Å². The van der Waals surface area contributed by atoms with E-state index in [0.717, 1.165) is 25.4 Å². The van der Waals surface area contributed by atoms with Crippen molar-refractivity contribution in [3.8, 4) is 5.75 Å². The summed E-state index contributed by atoms with van der Waals surface area (Å²) in [5.74, 6) is 1.63. The van der Waals surface area contributed by atoms with Gasteiger partial charge in [-0.05, 0) is 45.0 Å². The minimum atomic E-state index is 0.417. The third kappa shape index (κ3) is 4.06. The standard InChI is InChI=1S/C19H30N2O2/c1-14(2)20(3)12-18-9-16-11-21(13-19(16)23-18)10-15-5-7-17(22-4)8-6-15/h5-8,14,16,18-19H,9-13H2,1-4H3/t16-,18-,19+/m0/s1. The number of likely N-dealkylation sites (tertiary alicyclic amines) is 1. The molecule has 1 aromatic rings. The highest BCUT2D eigenvalue weighted by Gasteiger charge is 2.41. The van der Waals surface area contributed by atoms with Gasteiger partial charge in [0.1, 0.15) is 5.75 Å². The average molecular weight is 318 g/mol. The van der Waals surface area contributed by atoms with Crippen LogP contribution in [0, 0.1) is 5.92 Å². The van der Waals surface area contributed by atoms with Crippen LogP contribution in [-0.2, 0) is 11.3 Å². The Morgan fingerprint density at radius 3 is 2.61 bits per heavy atom. The second kappa shape index (κ2) is 7.20. The van der Waals surface area contributed by atoms with E-state index in [0.29, 0.717) is 24.2 Å². The molecule has 23 heavy (non-hydrogen) atoms. The lowest BCUT2D eigenvalue weighted by molar-refractivity contribution is 0.0171. The van der Waals surface area contributed by atoms with Crippen LogP contribution in [0.3, 0.4) is 0 Å². The molecule has 2 aliphatic rings. The first kappa shape index (κ1) is 16.7. The Balaban J connectivity index is 1.47. The fourth-order valence-corrected chi connectivity index (χ4v) is 3.72. The Labute approximate surface area is 140 Å². The Morgan fingerprint density at radius 1 is 1.26 bits per heavy atom. The number of likely N-dealkylation sites (N-methyl/N-ethyl adjacent to an activating group) is 1. The van der Waals surface area contributed by atoms with Crippen LogP contribution in [0.4, 0.5) is 0 Å². The Kier molecular flexibility index (Phi) is 5.24. The summed E-state index contributed by atoms with van der Waals surface area (Å²) in [6.45, 7) is 8.79. The first-order chi connectivity index (χ1) is 11.0. The molecule has 2 aliphatic heterocycles. The molecule has 0 radical (unpaired) electrons. The van der Waals surface area contributed by atoms with E-state index in [1.165, 1.54) is 18.5 Å². The summed E-state index contributed by atoms with van der Waals surface area (Å²) in [5, 5.41) is 0. The minimum Gasteiger partial charge on any atom is -0.497 e. The second-order valence-electron chi connectivity index (χ2n) is 7.37. The number of hydrogen-bond donors (Lipinski definition) is 0. The normalized spacial score (nSPS) is 27.8. The van der Waals surface area contributed by atoms with Gasteiger partial charge >= 0.3 is 0 Å². The summed E-state index contributed by atoms with van der Waals surface area (Å²) < 4.78 is 11.5. The van der Waals surface area contributed by atoms with Crippen molar-refractivity contribution in [2.24, 2.45) is 5.92 Å². The first-order valence-electron chi connectivity index (χ1n) is 8.76. The molecule has 4 heteroatoms. The Bertz CT molecular complexity index is 489. The molecular formula is C19H30N2O2. The maximum atomic E-state index is 6.31. The first-order valence-corrected chi connectivity index (χ1v) is 8.76. The number of methoxy groups -OCH3 is 1. The molecule has 2 fully saturated rings. The fraction of sp³-hybridized carbons (Fsp3) is 0.684. The molecular weight excluding hydrogens is 288 g/mol. The molecule has 0 spiro atoms. The smallest absolute Gasteiger partial charge is 0.118 e. The largest absolute Gasteiger partial charge is 0.497 e. The topological polar surface area (TPSA) is 24.9 Å². The predicted molar refractivity (Wildman–Crippen MR) is 92.8 cm³/mol. The molecule has 0 amide bonds. The summed E-state index contributed by atoms with van der Waals surface area (Å²) in [5.41, 5.74) is 1.35. The van der Waals surface area contributed by atoms with Gasteiger partial charge < -0.3 is 14.4 Å². The maximum absolute atomic E-state index is 6.31. The summed E-state index contributed by atoms with van der Waals surface area (Å²) in [7, 11) is 3.90. The van der Waals surface area contributed by atoms with Gasteiger partial charge in [0, 0.05) is 38.1 Å². The van der Waals surface area contributed by atoms with Crippen LogP contribution in [0.15, 0.2) is 24.3 Å². The molecule has 2 heterocycles. The van der Waals surface area contributed by atoms with Gasteiger partial charge in [-0.1, -0.05) is 12.1 Å². The molecule has 0 aromatic heterocycles. The summed E-state index contributed by atoms with van der Waals surface area (Å²) >= 11 is 0. The van der Waals surface area contributed by atoms with Crippen molar-refractivity contribution < 1.29 is 9.47 Å². The van der Waals surface area contributed by atoms with Crippen LogP contribution in [0.25, 0.3) is 0 Å². The van der Waals surface area contributed by atoms with Crippen LogP contribution in [0.1, 0.15) is 25.8 Å². The van der Waals surface area contributed by atoms with E-state index < -0.39 is 0 Å². The molecule has 1 aromatic carbocycles. The zero-order chi connectivity index (χ0) is 16.4. The van der Waals surface area contributed by atoms with E-state index in [4.69, 9.17) is 9.47 Å². The number of ether oxygens (including phenoxy) is 2. The second-order valence-corrected chi connectivity index (χ2v) is 7.37. The van der Waals surface area contributed by atoms with E-state index in [1.54, 1.807) is 7.11 Å². The van der Waals surface area contributed by atoms with Crippen LogP contribution >= 0.6 is 0 Å². The number of hydrogen-bond acceptors (Lipinski definition) is 4. The Morgan fingerprint density at radius 2 is 2.00 bits per heavy atom. The molecule has 4 nitrogen and oxygen atoms in total. The van der Waals surface area contributed by atoms with Crippen molar-refractivity contribution in [3.05, 3.63) is 29.8 Å². The highest BCUT2D eigenvalue weighted by molar-refractivity contribution is 5.27. The zero-order valence-corrected chi connectivity index (χ0v) is 14.9. The quantitative estimate of drug-likeness (QED) is 0.805. The number of nitrogens with zero attached hydrogens (tertiary/aromatic N) is 2. The van der Waals surface area contributed by atoms with Crippen LogP contribution in [0.5, 0.6) is 5.75 Å². The molecule has 0 unspecified atom stereocenters. The third-order valence-electron chi connectivity index (χ3n) is 5.33. The van der Waals surface area contributed by atoms with Crippen molar-refractivity contribution in [1.29, 1.82) is 0 Å². The summed E-state index contributed by atoms with van der Waals surface area (Å²) in [4.78, 5) is 4.92. The lowest BCUT2D eigenvalue weighted by atomic mass is 10.0. The lowest BCUT2D eigenvalue weighted by Gasteiger charge is -2.25. The molecule has 0 saturated carbocycles. The molecule has 0 bridgehead atoms. The van der Waals surface area contributed by atoms with Crippen molar-refractivity contribution >= 4 is 0 Å². The van der Waals surface area contributed by atoms with Gasteiger partial charge in [0.05, 0.1) is 19.3 Å². The number of rotatable bonds is 6. The van der Waals surface area contributed by atoms with Crippen LogP contribution in [0.2, 0.25) is 0 Å². The van der Waals surface area contributed by atoms with E-state index in [-0.39, 0.29) is 0 Å². The summed E-state index contributed by atoms with van der Waals surface area (Å²) in [6, 6.07) is 8.99. The van der Waals surface area contributed by atoms with Gasteiger partial charge in [0.25, 0.3) is 0 Å². The van der Waals surface area contributed by atoms with E-state index in [9.17, 15) is 0 Å². The van der Waals surface area contributed by atoms with Crippen molar-refractivity contribution in [3.63, 3.8) is 0 Å². The lowest BCUT2D eigenvalue weighted by Crippen LogP contribution is -2.35. The van der Waals surface area contributed by atoms with Gasteiger partial charge in [-0.2, -0.15) is 0 Å². The van der Waals surface area contributed by atoms with E-state index in [2.05, 4.69) is 42.8 Å². The number of fused-ring (bicyclic) bond motifs is 1. The van der Waals surface area contributed by atoms with Crippen molar-refractivity contribution in [1.82, 2.24) is 9.80 Å². The third-order valence-corrected chi connectivity index (χ3v) is 5.33. The molecule has 3 rings (SSSR count). The monoisotopic (exact) mass is 318 g/mol. The fourth-order valence-electron chi connectivity index (χ4n) is 3.72. The molecule has 128 valence electrons. The predicted octanol–water partition coefficient (Wildman–Crippen LogP) is 2.62. The SMILES string of the molecule is COc1ccc(CN2C[C@@H]3C[C@@H](CN(C)C(C)C)O[C@@H]3C2)cc1. The Hall–Kier alpha value is -1.10. The highest BCUT2D eigenvalue weighted by atomic mass is 16.5. The summed E-state index contributed by atoms with van der Waals surface area (Å²) in [6.07, 6.45) is 2.06. The van der Waals surface area contributed by atoms with Gasteiger partial charge in [-0.3, -0.25) is 4.90 Å². The van der Waals surface area contributed by atoms with Gasteiger partial charge in [0.2, 0.25) is 0 Å². The van der Waals surface area contributed by atoms with E-state index >= 15 is 0 Å². The van der Waals surface area contributed by atoms with Crippen LogP contribution < -0.4 is 4.74 Å². The molecule has 2 saturated heterocycles. The van der Waals surface area contributed by atoms with Crippen molar-refractivity contribution in [2.75, 3.05) is 33.8 Å². The minimum absolute atomic E-state index is 0.417. The van der Waals surface area contributed by atoms with Crippen molar-refractivity contribution in [2.45, 2.75) is 45.1 Å².